The number of rotatable bonds is 2. The van der Waals surface area contributed by atoms with Crippen LogP contribution in [0.3, 0.4) is 0 Å². The van der Waals surface area contributed by atoms with E-state index in [1.54, 1.807) is 6.20 Å². The molecule has 0 aliphatic rings. The van der Waals surface area contributed by atoms with E-state index in [0.29, 0.717) is 5.69 Å². The van der Waals surface area contributed by atoms with Crippen LogP contribution in [0, 0.1) is 6.92 Å². The van der Waals surface area contributed by atoms with Crippen LogP contribution in [0.1, 0.15) is 15.6 Å². The third-order valence-corrected chi connectivity index (χ3v) is 3.02. The summed E-state index contributed by atoms with van der Waals surface area (Å²) >= 11 is 1.53. The maximum Gasteiger partial charge on any atom is 0.394 e. The molecule has 0 spiro atoms. The molecule has 3 aromatic heterocycles. The van der Waals surface area contributed by atoms with Crippen molar-refractivity contribution in [2.45, 2.75) is 6.92 Å². The molecule has 0 saturated heterocycles. The van der Waals surface area contributed by atoms with E-state index in [-0.39, 0.29) is 5.82 Å². The minimum Gasteiger partial charge on any atom is -0.474 e. The van der Waals surface area contributed by atoms with Gasteiger partial charge in [-0.15, -0.1) is 11.3 Å². The molecule has 0 aliphatic carbocycles. The monoisotopic (exact) mass is 250 g/mol. The van der Waals surface area contributed by atoms with E-state index in [0.717, 1.165) is 9.84 Å². The van der Waals surface area contributed by atoms with Crippen molar-refractivity contribution in [3.63, 3.8) is 0 Å². The van der Waals surface area contributed by atoms with Crippen molar-refractivity contribution in [2.75, 3.05) is 0 Å². The number of aryl methyl sites for hydroxylation is 1. The van der Waals surface area contributed by atoms with E-state index in [1.165, 1.54) is 11.3 Å². The van der Waals surface area contributed by atoms with Crippen molar-refractivity contribution in [3.05, 3.63) is 23.2 Å². The van der Waals surface area contributed by atoms with Gasteiger partial charge >= 0.3 is 11.9 Å². The standard InChI is InChI=1S/C9H6N4O3S/c1-4-2-13-3-5(10-9(13)17-4)6-11-7(8(14)15)16-12-6/h2-3H,1H3,(H,14,15). The smallest absolute Gasteiger partial charge is 0.394 e. The Bertz CT molecular complexity index is 679. The summed E-state index contributed by atoms with van der Waals surface area (Å²) in [5.41, 5.74) is 0.493. The third-order valence-electron chi connectivity index (χ3n) is 2.11. The number of thiazole rings is 1. The molecule has 8 heteroatoms. The van der Waals surface area contributed by atoms with Crippen LogP contribution >= 0.6 is 11.3 Å². The van der Waals surface area contributed by atoms with E-state index in [1.807, 2.05) is 17.5 Å². The molecule has 0 aliphatic heterocycles. The highest BCUT2D eigenvalue weighted by Gasteiger charge is 2.17. The Morgan fingerprint density at radius 3 is 2.94 bits per heavy atom. The molecular formula is C9H6N4O3S. The zero-order valence-electron chi connectivity index (χ0n) is 8.62. The first-order chi connectivity index (χ1) is 8.13. The normalized spacial score (nSPS) is 11.1. The molecule has 0 saturated carbocycles. The molecule has 0 radical (unpaired) electrons. The van der Waals surface area contributed by atoms with Crippen LogP contribution in [-0.2, 0) is 0 Å². The van der Waals surface area contributed by atoms with Crippen LogP contribution < -0.4 is 0 Å². The summed E-state index contributed by atoms with van der Waals surface area (Å²) < 4.78 is 6.41. The van der Waals surface area contributed by atoms with Crippen LogP contribution in [0.4, 0.5) is 0 Å². The first-order valence-corrected chi connectivity index (χ1v) is 5.47. The molecule has 0 unspecified atom stereocenters. The minimum atomic E-state index is -1.25. The Kier molecular flexibility index (Phi) is 1.99. The Morgan fingerprint density at radius 2 is 2.29 bits per heavy atom. The summed E-state index contributed by atoms with van der Waals surface area (Å²) in [5, 5.41) is 12.2. The summed E-state index contributed by atoms with van der Waals surface area (Å²) in [7, 11) is 0. The maximum atomic E-state index is 10.6. The van der Waals surface area contributed by atoms with Gasteiger partial charge < -0.3 is 9.63 Å². The lowest BCUT2D eigenvalue weighted by molar-refractivity contribution is 0.0643. The second kappa shape index (κ2) is 3.39. The lowest BCUT2D eigenvalue weighted by Crippen LogP contribution is -1.95. The van der Waals surface area contributed by atoms with Crippen molar-refractivity contribution in [3.8, 4) is 11.5 Å². The topological polar surface area (TPSA) is 93.5 Å². The number of carboxylic acid groups (broad SMARTS) is 1. The Labute approximate surface area is 98.3 Å². The van der Waals surface area contributed by atoms with Crippen LogP contribution in [0.15, 0.2) is 16.9 Å². The first kappa shape index (κ1) is 9.97. The Morgan fingerprint density at radius 1 is 1.47 bits per heavy atom. The Balaban J connectivity index is 2.07. The summed E-state index contributed by atoms with van der Waals surface area (Å²) in [5.74, 6) is -1.51. The van der Waals surface area contributed by atoms with E-state index >= 15 is 0 Å². The minimum absolute atomic E-state index is 0.177. The van der Waals surface area contributed by atoms with Crippen LogP contribution in [0.2, 0.25) is 0 Å². The molecule has 86 valence electrons. The molecule has 3 aromatic rings. The van der Waals surface area contributed by atoms with Gasteiger partial charge in [-0.25, -0.2) is 9.78 Å². The van der Waals surface area contributed by atoms with E-state index in [2.05, 4.69) is 19.6 Å². The van der Waals surface area contributed by atoms with Crippen molar-refractivity contribution in [1.82, 2.24) is 19.5 Å². The van der Waals surface area contributed by atoms with Crippen molar-refractivity contribution >= 4 is 22.3 Å². The molecule has 3 rings (SSSR count). The maximum absolute atomic E-state index is 10.6. The van der Waals surface area contributed by atoms with E-state index < -0.39 is 11.9 Å². The quantitative estimate of drug-likeness (QED) is 0.739. The summed E-state index contributed by atoms with van der Waals surface area (Å²) in [4.78, 5) is 20.5. The average molecular weight is 250 g/mol. The number of imidazole rings is 1. The second-order valence-corrected chi connectivity index (χ2v) is 4.60. The zero-order chi connectivity index (χ0) is 12.0. The molecule has 3 heterocycles. The fourth-order valence-corrected chi connectivity index (χ4v) is 2.24. The van der Waals surface area contributed by atoms with Gasteiger partial charge in [-0.3, -0.25) is 4.40 Å². The summed E-state index contributed by atoms with van der Waals surface area (Å²) in [6.07, 6.45) is 3.66. The molecule has 0 atom stereocenters. The molecule has 1 N–H and O–H groups in total. The fraction of sp³-hybridized carbons (Fsp3) is 0.111. The predicted molar refractivity (Wildman–Crippen MR) is 58.1 cm³/mol. The number of fused-ring (bicyclic) bond motifs is 1. The molecule has 0 fully saturated rings. The highest BCUT2D eigenvalue weighted by molar-refractivity contribution is 7.17. The number of hydrogen-bond donors (Lipinski definition) is 1. The van der Waals surface area contributed by atoms with Crippen molar-refractivity contribution in [2.24, 2.45) is 0 Å². The van der Waals surface area contributed by atoms with Gasteiger partial charge in [0, 0.05) is 17.3 Å². The van der Waals surface area contributed by atoms with Crippen molar-refractivity contribution in [1.29, 1.82) is 0 Å². The molecule has 0 bridgehead atoms. The molecule has 17 heavy (non-hydrogen) atoms. The van der Waals surface area contributed by atoms with Crippen molar-refractivity contribution < 1.29 is 14.4 Å². The first-order valence-electron chi connectivity index (χ1n) is 4.66. The third kappa shape index (κ3) is 1.58. The predicted octanol–water partition coefficient (Wildman–Crippen LogP) is 1.45. The van der Waals surface area contributed by atoms with E-state index in [4.69, 9.17) is 5.11 Å². The second-order valence-electron chi connectivity index (χ2n) is 3.39. The molecule has 7 nitrogen and oxygen atoms in total. The van der Waals surface area contributed by atoms with Crippen LogP contribution in [0.25, 0.3) is 16.5 Å². The van der Waals surface area contributed by atoms with Gasteiger partial charge in [0.25, 0.3) is 0 Å². The van der Waals surface area contributed by atoms with Gasteiger partial charge in [-0.2, -0.15) is 4.98 Å². The highest BCUT2D eigenvalue weighted by atomic mass is 32.1. The summed E-state index contributed by atoms with van der Waals surface area (Å²) in [6, 6.07) is 0. The van der Waals surface area contributed by atoms with Gasteiger partial charge in [0.1, 0.15) is 5.69 Å². The lowest BCUT2D eigenvalue weighted by atomic mass is 10.4. The number of carboxylic acids is 1. The number of carbonyl (C=O) groups is 1. The van der Waals surface area contributed by atoms with E-state index in [9.17, 15) is 4.79 Å². The van der Waals surface area contributed by atoms with Crippen LogP contribution in [0.5, 0.6) is 0 Å². The Hall–Kier alpha value is -2.22. The number of nitrogens with zero attached hydrogens (tertiary/aromatic N) is 4. The van der Waals surface area contributed by atoms with Gasteiger partial charge in [0.2, 0.25) is 5.82 Å². The fourth-order valence-electron chi connectivity index (χ4n) is 1.43. The molecule has 0 aromatic carbocycles. The zero-order valence-corrected chi connectivity index (χ0v) is 9.43. The van der Waals surface area contributed by atoms with Gasteiger partial charge in [0.05, 0.1) is 0 Å². The number of hydrogen-bond acceptors (Lipinski definition) is 6. The molecular weight excluding hydrogens is 244 g/mol. The number of aromatic carboxylic acids is 1. The summed E-state index contributed by atoms with van der Waals surface area (Å²) in [6.45, 7) is 1.98. The van der Waals surface area contributed by atoms with Gasteiger partial charge in [-0.05, 0) is 6.92 Å². The van der Waals surface area contributed by atoms with Gasteiger partial charge in [0.15, 0.2) is 4.96 Å². The molecule has 0 amide bonds. The number of aromatic nitrogens is 4. The average Bonchev–Trinajstić information content (AvgIpc) is 2.87. The van der Waals surface area contributed by atoms with Gasteiger partial charge in [-0.1, -0.05) is 5.16 Å². The van der Waals surface area contributed by atoms with Crippen LogP contribution in [-0.4, -0.2) is 30.6 Å². The SMILES string of the molecule is Cc1cn2cc(-c3noc(C(=O)O)n3)nc2s1. The lowest BCUT2D eigenvalue weighted by Gasteiger charge is -1.82. The highest BCUT2D eigenvalue weighted by Crippen LogP contribution is 2.21. The largest absolute Gasteiger partial charge is 0.474 e.